The molecule has 0 bridgehead atoms. The van der Waals surface area contributed by atoms with Crippen molar-refractivity contribution in [3.8, 4) is 0 Å². The lowest BCUT2D eigenvalue weighted by Crippen LogP contribution is -2.22. The smallest absolute Gasteiger partial charge is 0.109 e. The Labute approximate surface area is 101 Å². The number of aryl methyl sites for hydroxylation is 1. The maximum absolute atomic E-state index is 5.61. The second-order valence-corrected chi connectivity index (χ2v) is 4.61. The molecule has 1 saturated heterocycles. The molecule has 0 spiro atoms. The molecule has 0 N–H and O–H groups in total. The Hall–Kier alpha value is -1.35. The van der Waals surface area contributed by atoms with Crippen LogP contribution in [0.25, 0.3) is 11.0 Å². The van der Waals surface area contributed by atoms with Crippen molar-refractivity contribution in [3.05, 3.63) is 30.1 Å². The number of hydrogen-bond acceptors (Lipinski definition) is 2. The van der Waals surface area contributed by atoms with Crippen LogP contribution in [0.15, 0.2) is 24.3 Å². The number of hydrogen-bond donors (Lipinski definition) is 0. The predicted molar refractivity (Wildman–Crippen MR) is 68.2 cm³/mol. The van der Waals surface area contributed by atoms with Crippen LogP contribution in [0.2, 0.25) is 0 Å². The van der Waals surface area contributed by atoms with E-state index in [0.717, 1.165) is 31.6 Å². The van der Waals surface area contributed by atoms with Gasteiger partial charge < -0.3 is 9.30 Å². The molecule has 1 aromatic heterocycles. The van der Waals surface area contributed by atoms with Gasteiger partial charge in [-0.25, -0.2) is 4.98 Å². The van der Waals surface area contributed by atoms with Gasteiger partial charge in [-0.1, -0.05) is 19.1 Å². The summed E-state index contributed by atoms with van der Waals surface area (Å²) in [6, 6.07) is 8.86. The molecule has 0 amide bonds. The first-order valence-corrected chi connectivity index (χ1v) is 6.43. The summed E-state index contributed by atoms with van der Waals surface area (Å²) in [7, 11) is 0. The average molecular weight is 230 g/mol. The Morgan fingerprint density at radius 3 is 3.06 bits per heavy atom. The highest BCUT2D eigenvalue weighted by atomic mass is 16.5. The largest absolute Gasteiger partial charge is 0.379 e. The fourth-order valence-corrected chi connectivity index (χ4v) is 2.68. The van der Waals surface area contributed by atoms with Crippen LogP contribution in [0.5, 0.6) is 0 Å². The Morgan fingerprint density at radius 2 is 2.29 bits per heavy atom. The molecule has 1 fully saturated rings. The van der Waals surface area contributed by atoms with E-state index in [9.17, 15) is 0 Å². The van der Waals surface area contributed by atoms with E-state index in [4.69, 9.17) is 9.72 Å². The van der Waals surface area contributed by atoms with Crippen molar-refractivity contribution < 1.29 is 4.74 Å². The normalized spacial score (nSPS) is 20.9. The van der Waals surface area contributed by atoms with Crippen molar-refractivity contribution >= 4 is 11.0 Å². The first kappa shape index (κ1) is 10.8. The molecule has 17 heavy (non-hydrogen) atoms. The number of benzene rings is 1. The third-order valence-corrected chi connectivity index (χ3v) is 3.49. The van der Waals surface area contributed by atoms with Crippen molar-refractivity contribution in [1.29, 1.82) is 0 Å². The van der Waals surface area contributed by atoms with E-state index in [1.807, 2.05) is 0 Å². The first-order valence-electron chi connectivity index (χ1n) is 6.43. The van der Waals surface area contributed by atoms with Crippen LogP contribution >= 0.6 is 0 Å². The highest BCUT2D eigenvalue weighted by Crippen LogP contribution is 2.26. The summed E-state index contributed by atoms with van der Waals surface area (Å²) in [5.41, 5.74) is 2.36. The van der Waals surface area contributed by atoms with Crippen molar-refractivity contribution in [2.24, 2.45) is 0 Å². The lowest BCUT2D eigenvalue weighted by Gasteiger charge is -2.25. The zero-order chi connectivity index (χ0) is 11.7. The van der Waals surface area contributed by atoms with Crippen LogP contribution in [-0.2, 0) is 11.2 Å². The zero-order valence-electron chi connectivity index (χ0n) is 10.2. The molecular formula is C14H18N2O. The summed E-state index contributed by atoms with van der Waals surface area (Å²) in [4.78, 5) is 4.71. The highest BCUT2D eigenvalue weighted by molar-refractivity contribution is 5.76. The second-order valence-electron chi connectivity index (χ2n) is 4.61. The van der Waals surface area contributed by atoms with Crippen LogP contribution in [-0.4, -0.2) is 22.8 Å². The van der Waals surface area contributed by atoms with E-state index >= 15 is 0 Å². The van der Waals surface area contributed by atoms with E-state index in [1.165, 1.54) is 17.8 Å². The number of rotatable bonds is 2. The van der Waals surface area contributed by atoms with Crippen molar-refractivity contribution in [1.82, 2.24) is 9.55 Å². The Morgan fingerprint density at radius 1 is 1.41 bits per heavy atom. The Bertz CT molecular complexity index is 512. The molecule has 1 aliphatic rings. The summed E-state index contributed by atoms with van der Waals surface area (Å²) in [5.74, 6) is 1.18. The van der Waals surface area contributed by atoms with Gasteiger partial charge >= 0.3 is 0 Å². The monoisotopic (exact) mass is 230 g/mol. The fraction of sp³-hybridized carbons (Fsp3) is 0.500. The van der Waals surface area contributed by atoms with E-state index in [0.29, 0.717) is 6.04 Å². The third-order valence-electron chi connectivity index (χ3n) is 3.49. The third kappa shape index (κ3) is 1.84. The first-order chi connectivity index (χ1) is 8.40. The number of ether oxygens (including phenoxy) is 1. The van der Waals surface area contributed by atoms with Crippen molar-refractivity contribution in [2.45, 2.75) is 32.2 Å². The van der Waals surface area contributed by atoms with Crippen molar-refractivity contribution in [3.63, 3.8) is 0 Å². The molecular weight excluding hydrogens is 212 g/mol. The minimum absolute atomic E-state index is 0.464. The standard InChI is InChI=1S/C14H18N2O/c1-2-14-15-12-7-3-4-8-13(12)16(14)11-6-5-9-17-10-11/h3-4,7-8,11H,2,5-6,9-10H2,1H3. The van der Waals surface area contributed by atoms with Crippen LogP contribution in [0.4, 0.5) is 0 Å². The van der Waals surface area contributed by atoms with Gasteiger partial charge in [-0.05, 0) is 25.0 Å². The molecule has 0 radical (unpaired) electrons. The number of nitrogens with zero attached hydrogens (tertiary/aromatic N) is 2. The second kappa shape index (κ2) is 4.49. The van der Waals surface area contributed by atoms with Gasteiger partial charge in [0.15, 0.2) is 0 Å². The maximum Gasteiger partial charge on any atom is 0.109 e. The quantitative estimate of drug-likeness (QED) is 0.793. The van der Waals surface area contributed by atoms with Crippen LogP contribution in [0.3, 0.4) is 0 Å². The SMILES string of the molecule is CCc1nc2ccccc2n1C1CCCOC1. The van der Waals surface area contributed by atoms with Gasteiger partial charge in [0.2, 0.25) is 0 Å². The van der Waals surface area contributed by atoms with Gasteiger partial charge in [-0.15, -0.1) is 0 Å². The molecule has 3 nitrogen and oxygen atoms in total. The lowest BCUT2D eigenvalue weighted by atomic mass is 10.1. The average Bonchev–Trinajstić information content (AvgIpc) is 2.78. The number of para-hydroxylation sites is 2. The van der Waals surface area contributed by atoms with Crippen molar-refractivity contribution in [2.75, 3.05) is 13.2 Å². The molecule has 2 heterocycles. The molecule has 90 valence electrons. The van der Waals surface area contributed by atoms with Crippen LogP contribution in [0.1, 0.15) is 31.6 Å². The van der Waals surface area contributed by atoms with Gasteiger partial charge in [0.05, 0.1) is 23.7 Å². The van der Waals surface area contributed by atoms with E-state index in [1.54, 1.807) is 0 Å². The van der Waals surface area contributed by atoms with Gasteiger partial charge in [0.25, 0.3) is 0 Å². The molecule has 1 atom stereocenters. The minimum Gasteiger partial charge on any atom is -0.379 e. The number of fused-ring (bicyclic) bond motifs is 1. The summed E-state index contributed by atoms with van der Waals surface area (Å²) < 4.78 is 7.99. The van der Waals surface area contributed by atoms with Crippen LogP contribution in [0, 0.1) is 0 Å². The van der Waals surface area contributed by atoms with E-state index in [-0.39, 0.29) is 0 Å². The summed E-state index contributed by atoms with van der Waals surface area (Å²) in [6.45, 7) is 3.90. The maximum atomic E-state index is 5.61. The molecule has 1 unspecified atom stereocenters. The fourth-order valence-electron chi connectivity index (χ4n) is 2.68. The zero-order valence-corrected chi connectivity index (χ0v) is 10.2. The molecule has 1 aliphatic heterocycles. The van der Waals surface area contributed by atoms with Gasteiger partial charge in [-0.2, -0.15) is 0 Å². The Balaban J connectivity index is 2.11. The van der Waals surface area contributed by atoms with Gasteiger partial charge in [-0.3, -0.25) is 0 Å². The van der Waals surface area contributed by atoms with E-state index in [2.05, 4.69) is 35.8 Å². The number of imidazole rings is 1. The molecule has 3 heteroatoms. The summed E-state index contributed by atoms with van der Waals surface area (Å²) in [5, 5.41) is 0. The molecule has 2 aromatic rings. The summed E-state index contributed by atoms with van der Waals surface area (Å²) in [6.07, 6.45) is 3.33. The topological polar surface area (TPSA) is 27.1 Å². The molecule has 0 saturated carbocycles. The van der Waals surface area contributed by atoms with Gasteiger partial charge in [0, 0.05) is 13.0 Å². The molecule has 0 aliphatic carbocycles. The van der Waals surface area contributed by atoms with Crippen LogP contribution < -0.4 is 0 Å². The highest BCUT2D eigenvalue weighted by Gasteiger charge is 2.20. The van der Waals surface area contributed by atoms with Gasteiger partial charge in [0.1, 0.15) is 5.82 Å². The summed E-state index contributed by atoms with van der Waals surface area (Å²) >= 11 is 0. The lowest BCUT2D eigenvalue weighted by molar-refractivity contribution is 0.0596. The minimum atomic E-state index is 0.464. The molecule has 3 rings (SSSR count). The molecule has 1 aromatic carbocycles. The Kier molecular flexibility index (Phi) is 2.85. The number of aromatic nitrogens is 2. The predicted octanol–water partition coefficient (Wildman–Crippen LogP) is 2.95. The van der Waals surface area contributed by atoms with E-state index < -0.39 is 0 Å².